The van der Waals surface area contributed by atoms with E-state index < -0.39 is 22.0 Å². The van der Waals surface area contributed by atoms with Crippen LogP contribution < -0.4 is 26.4 Å². The van der Waals surface area contributed by atoms with Gasteiger partial charge in [0.15, 0.2) is 5.96 Å². The number of sulfonamides is 1. The number of hydrogen-bond donors (Lipinski definition) is 6. The number of nitrogens with one attached hydrogen (secondary N) is 3. The van der Waals surface area contributed by atoms with Crippen LogP contribution >= 0.6 is 0 Å². The third-order valence-corrected chi connectivity index (χ3v) is 8.24. The molecule has 0 radical (unpaired) electrons. The molecule has 13 heteroatoms. The molecule has 1 saturated heterocycles. The van der Waals surface area contributed by atoms with Gasteiger partial charge < -0.3 is 31.7 Å². The molecule has 8 N–H and O–H groups in total. The number of carbonyl (C=O) groups excluding carboxylic acids is 1. The number of urea groups is 1. The fraction of sp³-hybridized carbons (Fsp3) is 0.500. The van der Waals surface area contributed by atoms with Crippen molar-refractivity contribution in [2.24, 2.45) is 17.4 Å². The molecule has 0 aliphatic carbocycles. The summed E-state index contributed by atoms with van der Waals surface area (Å²) in [6.45, 7) is 4.19. The van der Waals surface area contributed by atoms with E-state index in [2.05, 4.69) is 17.0 Å². The Morgan fingerprint density at radius 3 is 2.28 bits per heavy atom. The van der Waals surface area contributed by atoms with Crippen LogP contribution in [0.4, 0.5) is 10.5 Å². The third-order valence-electron chi connectivity index (χ3n) is 6.71. The number of guanidine groups is 1. The maximum Gasteiger partial charge on any atom is 0.321 e. The van der Waals surface area contributed by atoms with Gasteiger partial charge in [-0.25, -0.2) is 13.2 Å². The summed E-state index contributed by atoms with van der Waals surface area (Å²) in [7, 11) is -0.334. The summed E-state index contributed by atoms with van der Waals surface area (Å²) < 4.78 is 28.1. The zero-order chi connectivity index (χ0) is 29.2. The van der Waals surface area contributed by atoms with E-state index in [0.717, 1.165) is 42.9 Å². The van der Waals surface area contributed by atoms with Crippen LogP contribution in [0.2, 0.25) is 0 Å². The second-order valence-corrected chi connectivity index (χ2v) is 11.4. The van der Waals surface area contributed by atoms with Crippen molar-refractivity contribution in [3.8, 4) is 0 Å². The molecule has 0 spiro atoms. The summed E-state index contributed by atoms with van der Waals surface area (Å²) >= 11 is 0. The molecule has 39 heavy (non-hydrogen) atoms. The number of anilines is 1. The van der Waals surface area contributed by atoms with E-state index in [0.29, 0.717) is 11.8 Å². The quantitative estimate of drug-likeness (QED) is 0.144. The lowest BCUT2D eigenvalue weighted by atomic mass is 9.95. The van der Waals surface area contributed by atoms with Gasteiger partial charge in [-0.2, -0.15) is 4.72 Å². The van der Waals surface area contributed by atoms with Crippen LogP contribution in [0.5, 0.6) is 0 Å². The van der Waals surface area contributed by atoms with E-state index in [-0.39, 0.29) is 29.9 Å². The van der Waals surface area contributed by atoms with Crippen molar-refractivity contribution >= 4 is 44.4 Å². The van der Waals surface area contributed by atoms with Crippen molar-refractivity contribution in [1.82, 2.24) is 14.9 Å². The fourth-order valence-electron chi connectivity index (χ4n) is 4.46. The third kappa shape index (κ3) is 9.29. The van der Waals surface area contributed by atoms with Crippen molar-refractivity contribution in [1.29, 1.82) is 5.41 Å². The number of nitrogens with two attached hydrogens (primary N) is 2. The van der Waals surface area contributed by atoms with Crippen LogP contribution in [-0.2, 0) is 14.8 Å². The van der Waals surface area contributed by atoms with Crippen LogP contribution in [0.25, 0.3) is 10.8 Å². The predicted octanol–water partition coefficient (Wildman–Crippen LogP) is 2.09. The van der Waals surface area contributed by atoms with Crippen molar-refractivity contribution in [3.63, 3.8) is 0 Å². The minimum Gasteiger partial charge on any atom is -0.480 e. The number of primary amides is 1. The molecule has 1 fully saturated rings. The van der Waals surface area contributed by atoms with E-state index in [4.69, 9.17) is 16.9 Å². The van der Waals surface area contributed by atoms with Gasteiger partial charge in [-0.15, -0.1) is 0 Å². The monoisotopic (exact) mass is 563 g/mol. The highest BCUT2D eigenvalue weighted by molar-refractivity contribution is 7.89. The Morgan fingerprint density at radius 2 is 1.74 bits per heavy atom. The highest BCUT2D eigenvalue weighted by atomic mass is 32.2. The summed E-state index contributed by atoms with van der Waals surface area (Å²) in [5.41, 5.74) is 11.2. The van der Waals surface area contributed by atoms with Crippen LogP contribution in [0.15, 0.2) is 41.3 Å². The number of carbonyl (C=O) groups is 2. The summed E-state index contributed by atoms with van der Waals surface area (Å²) in [6, 6.07) is 8.71. The minimum atomic E-state index is -4.06. The zero-order valence-electron chi connectivity index (χ0n) is 22.8. The number of amides is 2. The molecule has 0 unspecified atom stereocenters. The maximum atomic E-state index is 12.9. The number of likely N-dealkylation sites (tertiary alicyclic amines) is 1. The molecule has 3 rings (SSSR count). The van der Waals surface area contributed by atoms with Gasteiger partial charge in [-0.1, -0.05) is 37.6 Å². The smallest absolute Gasteiger partial charge is 0.321 e. The number of hydrogen-bond acceptors (Lipinski definition) is 6. The minimum absolute atomic E-state index is 0.0295. The van der Waals surface area contributed by atoms with Gasteiger partial charge in [0.05, 0.1) is 4.90 Å². The Kier molecular flexibility index (Phi) is 11.8. The van der Waals surface area contributed by atoms with Crippen molar-refractivity contribution < 1.29 is 23.1 Å². The molecule has 0 bridgehead atoms. The summed E-state index contributed by atoms with van der Waals surface area (Å²) in [5, 5.41) is 20.3. The lowest BCUT2D eigenvalue weighted by Gasteiger charge is -2.29. The number of carboxylic acid groups (broad SMARTS) is 1. The Labute approximate surface area is 230 Å². The molecule has 0 aromatic heterocycles. The van der Waals surface area contributed by atoms with Gasteiger partial charge in [0, 0.05) is 50.2 Å². The van der Waals surface area contributed by atoms with Gasteiger partial charge in [-0.3, -0.25) is 10.2 Å². The maximum absolute atomic E-state index is 12.9. The molecule has 2 amide bonds. The van der Waals surface area contributed by atoms with Gasteiger partial charge in [0.2, 0.25) is 10.0 Å². The Hall–Kier alpha value is -3.58. The number of piperidine rings is 1. The number of benzene rings is 2. The summed E-state index contributed by atoms with van der Waals surface area (Å²) in [5.74, 6) is -0.675. The van der Waals surface area contributed by atoms with Crippen LogP contribution in [0.3, 0.4) is 0 Å². The number of rotatable bonds is 10. The van der Waals surface area contributed by atoms with E-state index in [1.165, 1.54) is 12.5 Å². The standard InChI is InChI=1S/C18H25N5O4S.C8H16N2O/c1-23(2)15-9-3-7-13-12(15)6-4-10-16(13)28(26,27)22-14(17(24)25)8-5-11-21-18(19)20;1-2-7-3-5-10(6-4-7)8(9)11/h3-4,6-7,9-10,14,22H,5,8,11H2,1-2H3,(H,24,25)(H4,19,20,21);7H,2-6H2,1H3,(H2,9,11)/t14-;/m0./s1. The Bertz CT molecular complexity index is 1240. The lowest BCUT2D eigenvalue weighted by Crippen LogP contribution is -2.41. The molecular formula is C26H41N7O5S. The average molecular weight is 564 g/mol. The van der Waals surface area contributed by atoms with Gasteiger partial charge in [0.25, 0.3) is 0 Å². The molecule has 2 aromatic rings. The number of aliphatic carboxylic acids is 1. The van der Waals surface area contributed by atoms with Gasteiger partial charge >= 0.3 is 12.0 Å². The fourth-order valence-corrected chi connectivity index (χ4v) is 5.91. The molecule has 1 aliphatic rings. The lowest BCUT2D eigenvalue weighted by molar-refractivity contribution is -0.139. The predicted molar refractivity (Wildman–Crippen MR) is 153 cm³/mol. The van der Waals surface area contributed by atoms with E-state index >= 15 is 0 Å². The van der Waals surface area contributed by atoms with Crippen molar-refractivity contribution in [2.45, 2.75) is 50.0 Å². The summed E-state index contributed by atoms with van der Waals surface area (Å²) in [6.07, 6.45) is 3.87. The molecule has 2 aromatic carbocycles. The van der Waals surface area contributed by atoms with Crippen LogP contribution in [-0.4, -0.2) is 76.2 Å². The van der Waals surface area contributed by atoms with Gasteiger partial charge in [0.1, 0.15) is 6.04 Å². The van der Waals surface area contributed by atoms with Gasteiger partial charge in [-0.05, 0) is 43.7 Å². The first-order valence-corrected chi connectivity index (χ1v) is 14.4. The Balaban J connectivity index is 0.000000404. The largest absolute Gasteiger partial charge is 0.480 e. The van der Waals surface area contributed by atoms with Crippen LogP contribution in [0, 0.1) is 11.3 Å². The highest BCUT2D eigenvalue weighted by Crippen LogP contribution is 2.30. The summed E-state index contributed by atoms with van der Waals surface area (Å²) in [4.78, 5) is 25.9. The molecule has 216 valence electrons. The van der Waals surface area contributed by atoms with E-state index in [1.807, 2.05) is 31.1 Å². The Morgan fingerprint density at radius 1 is 1.13 bits per heavy atom. The number of carboxylic acids is 1. The molecule has 1 atom stereocenters. The molecule has 12 nitrogen and oxygen atoms in total. The molecule has 1 aliphatic heterocycles. The second-order valence-electron chi connectivity index (χ2n) is 9.69. The van der Waals surface area contributed by atoms with E-state index in [9.17, 15) is 23.1 Å². The van der Waals surface area contributed by atoms with Crippen molar-refractivity contribution in [3.05, 3.63) is 36.4 Å². The first kappa shape index (κ1) is 31.6. The molecular weight excluding hydrogens is 522 g/mol. The van der Waals surface area contributed by atoms with Crippen molar-refractivity contribution in [2.75, 3.05) is 38.6 Å². The highest BCUT2D eigenvalue weighted by Gasteiger charge is 2.26. The van der Waals surface area contributed by atoms with E-state index in [1.54, 1.807) is 23.1 Å². The average Bonchev–Trinajstić information content (AvgIpc) is 2.89. The topological polar surface area (TPSA) is 195 Å². The number of fused-ring (bicyclic) bond motifs is 1. The first-order chi connectivity index (χ1) is 18.4. The zero-order valence-corrected chi connectivity index (χ0v) is 23.6. The van der Waals surface area contributed by atoms with Crippen LogP contribution in [0.1, 0.15) is 39.0 Å². The molecule has 1 heterocycles. The second kappa shape index (κ2) is 14.5. The SMILES string of the molecule is CCC1CCN(C(N)=O)CC1.CN(C)c1cccc2c(S(=O)(=O)N[C@@H](CCCNC(=N)N)C(=O)O)cccc12. The first-order valence-electron chi connectivity index (χ1n) is 12.9. The number of nitrogens with zero attached hydrogens (tertiary/aromatic N) is 2. The molecule has 0 saturated carbocycles. The normalized spacial score (nSPS) is 14.7.